The van der Waals surface area contributed by atoms with Crippen LogP contribution >= 0.6 is 0 Å². The van der Waals surface area contributed by atoms with Gasteiger partial charge in [0.2, 0.25) is 0 Å². The van der Waals surface area contributed by atoms with Crippen LogP contribution < -0.4 is 5.32 Å². The fourth-order valence-electron chi connectivity index (χ4n) is 2.53. The Hall–Kier alpha value is -0.860. The van der Waals surface area contributed by atoms with Crippen LogP contribution in [0.4, 0.5) is 0 Å². The molecule has 0 bridgehead atoms. The number of hydrogen-bond acceptors (Lipinski definition) is 2. The van der Waals surface area contributed by atoms with Crippen LogP contribution in [0.1, 0.15) is 50.8 Å². The van der Waals surface area contributed by atoms with Crippen LogP contribution in [0.3, 0.4) is 0 Å². The maximum Gasteiger partial charge on any atom is 0.0914 e. The van der Waals surface area contributed by atoms with Crippen LogP contribution in [0.15, 0.2) is 24.3 Å². The number of aliphatic hydroxyl groups is 1. The molecule has 0 aromatic heterocycles. The molecule has 1 saturated carbocycles. The molecule has 0 saturated heterocycles. The minimum atomic E-state index is -0.394. The fraction of sp³-hybridized carbons (Fsp3) is 0.647. The summed E-state index contributed by atoms with van der Waals surface area (Å²) in [5.41, 5.74) is 2.37. The zero-order valence-corrected chi connectivity index (χ0v) is 12.4. The third-order valence-electron chi connectivity index (χ3n) is 3.97. The van der Waals surface area contributed by atoms with Gasteiger partial charge in [-0.3, -0.25) is 0 Å². The van der Waals surface area contributed by atoms with Gasteiger partial charge in [-0.05, 0) is 49.1 Å². The molecule has 0 spiro atoms. The number of aliphatic hydroxyl groups excluding tert-OH is 1. The predicted molar refractivity (Wildman–Crippen MR) is 80.1 cm³/mol. The van der Waals surface area contributed by atoms with Crippen molar-refractivity contribution >= 4 is 0 Å². The SMILES string of the molecule is CC(C)Cc1ccc(C(O)CNC(C)C2CC2)cc1. The van der Waals surface area contributed by atoms with E-state index in [1.807, 2.05) is 0 Å². The average Bonchev–Trinajstić information content (AvgIpc) is 3.20. The number of rotatable bonds is 7. The molecule has 0 heterocycles. The van der Waals surface area contributed by atoms with Gasteiger partial charge in [-0.1, -0.05) is 38.1 Å². The van der Waals surface area contributed by atoms with E-state index in [0.29, 0.717) is 18.5 Å². The molecule has 2 rings (SSSR count). The molecule has 2 atom stereocenters. The molecule has 2 heteroatoms. The monoisotopic (exact) mass is 261 g/mol. The molecule has 0 aliphatic heterocycles. The standard InChI is InChI=1S/C17H27NO/c1-12(2)10-14-4-6-16(7-5-14)17(19)11-18-13(3)15-8-9-15/h4-7,12-13,15,17-19H,8-11H2,1-3H3. The minimum absolute atomic E-state index is 0.394. The lowest BCUT2D eigenvalue weighted by Crippen LogP contribution is -2.31. The van der Waals surface area contributed by atoms with Crippen LogP contribution in [0.2, 0.25) is 0 Å². The summed E-state index contributed by atoms with van der Waals surface area (Å²) in [5, 5.41) is 13.6. The minimum Gasteiger partial charge on any atom is -0.387 e. The normalized spacial score (nSPS) is 18.6. The summed E-state index contributed by atoms with van der Waals surface area (Å²) in [6.45, 7) is 7.33. The first kappa shape index (κ1) is 14.5. The Kier molecular flexibility index (Phi) is 5.00. The molecule has 1 fully saturated rings. The highest BCUT2D eigenvalue weighted by Gasteiger charge is 2.27. The van der Waals surface area contributed by atoms with Crippen molar-refractivity contribution in [1.82, 2.24) is 5.32 Å². The molecular weight excluding hydrogens is 234 g/mol. The second-order valence-corrected chi connectivity index (χ2v) is 6.39. The Labute approximate surface area is 117 Å². The number of benzene rings is 1. The third-order valence-corrected chi connectivity index (χ3v) is 3.97. The van der Waals surface area contributed by atoms with E-state index in [-0.39, 0.29) is 0 Å². The van der Waals surface area contributed by atoms with Gasteiger partial charge in [0.05, 0.1) is 6.10 Å². The van der Waals surface area contributed by atoms with Gasteiger partial charge in [-0.2, -0.15) is 0 Å². The Morgan fingerprint density at radius 2 is 1.79 bits per heavy atom. The van der Waals surface area contributed by atoms with Crippen LogP contribution in [0, 0.1) is 11.8 Å². The molecule has 1 aromatic carbocycles. The third kappa shape index (κ3) is 4.63. The number of nitrogens with one attached hydrogen (secondary N) is 1. The summed E-state index contributed by atoms with van der Waals surface area (Å²) in [5.74, 6) is 1.51. The summed E-state index contributed by atoms with van der Waals surface area (Å²) < 4.78 is 0. The van der Waals surface area contributed by atoms with E-state index in [1.54, 1.807) is 0 Å². The second-order valence-electron chi connectivity index (χ2n) is 6.39. The molecule has 1 aromatic rings. The van der Waals surface area contributed by atoms with Gasteiger partial charge in [-0.15, -0.1) is 0 Å². The van der Waals surface area contributed by atoms with E-state index in [0.717, 1.165) is 17.9 Å². The Morgan fingerprint density at radius 3 is 2.32 bits per heavy atom. The van der Waals surface area contributed by atoms with E-state index < -0.39 is 6.10 Å². The summed E-state index contributed by atoms with van der Waals surface area (Å²) in [4.78, 5) is 0. The number of hydrogen-bond donors (Lipinski definition) is 2. The maximum atomic E-state index is 10.2. The van der Waals surface area contributed by atoms with Gasteiger partial charge in [0, 0.05) is 12.6 Å². The van der Waals surface area contributed by atoms with Gasteiger partial charge in [-0.25, -0.2) is 0 Å². The highest BCUT2D eigenvalue weighted by atomic mass is 16.3. The van der Waals surface area contributed by atoms with Crippen molar-refractivity contribution < 1.29 is 5.11 Å². The van der Waals surface area contributed by atoms with Gasteiger partial charge in [0.1, 0.15) is 0 Å². The van der Waals surface area contributed by atoms with E-state index in [9.17, 15) is 5.11 Å². The Morgan fingerprint density at radius 1 is 1.16 bits per heavy atom. The lowest BCUT2D eigenvalue weighted by Gasteiger charge is -2.17. The molecule has 2 N–H and O–H groups in total. The van der Waals surface area contributed by atoms with Crippen molar-refractivity contribution in [2.75, 3.05) is 6.54 Å². The summed E-state index contributed by atoms with van der Waals surface area (Å²) in [7, 11) is 0. The summed E-state index contributed by atoms with van der Waals surface area (Å²) in [6.07, 6.45) is 3.39. The molecule has 106 valence electrons. The van der Waals surface area contributed by atoms with E-state index >= 15 is 0 Å². The van der Waals surface area contributed by atoms with Crippen molar-refractivity contribution in [3.05, 3.63) is 35.4 Å². The lowest BCUT2D eigenvalue weighted by atomic mass is 10.00. The van der Waals surface area contributed by atoms with Crippen molar-refractivity contribution in [3.8, 4) is 0 Å². The summed E-state index contributed by atoms with van der Waals surface area (Å²) >= 11 is 0. The zero-order valence-electron chi connectivity index (χ0n) is 12.4. The quantitative estimate of drug-likeness (QED) is 0.789. The fourth-order valence-corrected chi connectivity index (χ4v) is 2.53. The molecule has 1 aliphatic carbocycles. The second kappa shape index (κ2) is 6.53. The molecular formula is C17H27NO. The zero-order chi connectivity index (χ0) is 13.8. The van der Waals surface area contributed by atoms with Crippen LogP contribution in [-0.2, 0) is 6.42 Å². The van der Waals surface area contributed by atoms with Crippen LogP contribution in [-0.4, -0.2) is 17.7 Å². The van der Waals surface area contributed by atoms with Gasteiger partial charge >= 0.3 is 0 Å². The summed E-state index contributed by atoms with van der Waals surface area (Å²) in [6, 6.07) is 8.94. The predicted octanol–water partition coefficient (Wildman–Crippen LogP) is 3.31. The highest BCUT2D eigenvalue weighted by Crippen LogP contribution is 2.32. The van der Waals surface area contributed by atoms with Crippen LogP contribution in [0.25, 0.3) is 0 Å². The Bertz CT molecular complexity index is 381. The van der Waals surface area contributed by atoms with Crippen molar-refractivity contribution in [1.29, 1.82) is 0 Å². The van der Waals surface area contributed by atoms with Crippen LogP contribution in [0.5, 0.6) is 0 Å². The van der Waals surface area contributed by atoms with Gasteiger partial charge < -0.3 is 10.4 Å². The largest absolute Gasteiger partial charge is 0.387 e. The molecule has 2 nitrogen and oxygen atoms in total. The highest BCUT2D eigenvalue weighted by molar-refractivity contribution is 5.24. The molecule has 0 amide bonds. The van der Waals surface area contributed by atoms with E-state index in [1.165, 1.54) is 18.4 Å². The first-order chi connectivity index (χ1) is 9.06. The topological polar surface area (TPSA) is 32.3 Å². The molecule has 1 aliphatic rings. The maximum absolute atomic E-state index is 10.2. The molecule has 0 radical (unpaired) electrons. The van der Waals surface area contributed by atoms with Crippen molar-refractivity contribution in [3.63, 3.8) is 0 Å². The molecule has 2 unspecified atom stereocenters. The van der Waals surface area contributed by atoms with Crippen molar-refractivity contribution in [2.45, 2.75) is 52.2 Å². The lowest BCUT2D eigenvalue weighted by molar-refractivity contribution is 0.169. The first-order valence-electron chi connectivity index (χ1n) is 7.56. The average molecular weight is 261 g/mol. The van der Waals surface area contributed by atoms with Gasteiger partial charge in [0.25, 0.3) is 0 Å². The molecule has 19 heavy (non-hydrogen) atoms. The van der Waals surface area contributed by atoms with E-state index in [4.69, 9.17) is 0 Å². The van der Waals surface area contributed by atoms with Gasteiger partial charge in [0.15, 0.2) is 0 Å². The smallest absolute Gasteiger partial charge is 0.0914 e. The Balaban J connectivity index is 1.82. The van der Waals surface area contributed by atoms with E-state index in [2.05, 4.69) is 50.4 Å². The van der Waals surface area contributed by atoms with Crippen molar-refractivity contribution in [2.24, 2.45) is 11.8 Å². The first-order valence-corrected chi connectivity index (χ1v) is 7.56.